The van der Waals surface area contributed by atoms with Gasteiger partial charge in [0.05, 0.1) is 33.5 Å². The normalized spacial score (nSPS) is 11.5. The Kier molecular flexibility index (Phi) is 12.7. The van der Waals surface area contributed by atoms with Crippen LogP contribution in [0, 0.1) is 0 Å². The molecule has 0 bridgehead atoms. The summed E-state index contributed by atoms with van der Waals surface area (Å²) >= 11 is 5.99. The number of rotatable bonds is 13. The van der Waals surface area contributed by atoms with Crippen LogP contribution in [0.4, 0.5) is 0 Å². The molecule has 26 heavy (non-hydrogen) atoms. The molecule has 0 aliphatic carbocycles. The topological polar surface area (TPSA) is 64.1 Å². The minimum absolute atomic E-state index is 0.502. The summed E-state index contributed by atoms with van der Waals surface area (Å²) < 4.78 is 16.4. The number of hydrogen-bond acceptors (Lipinski definition) is 4. The number of unbranched alkanes of at least 4 members (excludes halogenated alkanes) is 1. The number of hydrogen-bond donors (Lipinski definition) is 2. The zero-order valence-corrected chi connectivity index (χ0v) is 16.9. The van der Waals surface area contributed by atoms with Gasteiger partial charge in [-0.3, -0.25) is 0 Å². The minimum Gasteiger partial charge on any atom is -0.496 e. The van der Waals surface area contributed by atoms with E-state index < -0.39 is 0 Å². The van der Waals surface area contributed by atoms with Crippen molar-refractivity contribution in [1.82, 2.24) is 10.6 Å². The van der Waals surface area contributed by atoms with Crippen LogP contribution in [0.3, 0.4) is 0 Å². The zero-order valence-electron chi connectivity index (χ0n) is 16.1. The number of halogens is 1. The lowest BCUT2D eigenvalue weighted by molar-refractivity contribution is 0.0487. The Morgan fingerprint density at radius 1 is 1.08 bits per heavy atom. The predicted molar refractivity (Wildman–Crippen MR) is 107 cm³/mol. The van der Waals surface area contributed by atoms with Crippen molar-refractivity contribution < 1.29 is 14.2 Å². The van der Waals surface area contributed by atoms with Crippen molar-refractivity contribution in [3.8, 4) is 5.75 Å². The monoisotopic (exact) mass is 385 g/mol. The third-order valence-electron chi connectivity index (χ3n) is 3.55. The van der Waals surface area contributed by atoms with Crippen LogP contribution in [-0.4, -0.2) is 52.6 Å². The van der Waals surface area contributed by atoms with E-state index in [-0.39, 0.29) is 0 Å². The lowest BCUT2D eigenvalue weighted by atomic mass is 10.2. The average Bonchev–Trinajstić information content (AvgIpc) is 2.65. The number of methoxy groups -OCH3 is 1. The van der Waals surface area contributed by atoms with E-state index in [2.05, 4.69) is 22.5 Å². The molecule has 0 radical (unpaired) electrons. The molecule has 6 nitrogen and oxygen atoms in total. The van der Waals surface area contributed by atoms with E-state index in [1.54, 1.807) is 13.2 Å². The van der Waals surface area contributed by atoms with Gasteiger partial charge in [0.1, 0.15) is 5.75 Å². The second kappa shape index (κ2) is 14.6. The SMILES string of the molecule is CCCCOCCOCCNC(=NCc1ccc(Cl)cc1OC)NCC. The van der Waals surface area contributed by atoms with Crippen LogP contribution in [0.25, 0.3) is 0 Å². The highest BCUT2D eigenvalue weighted by atomic mass is 35.5. The van der Waals surface area contributed by atoms with Gasteiger partial charge < -0.3 is 24.8 Å². The van der Waals surface area contributed by atoms with Gasteiger partial charge in [-0.15, -0.1) is 0 Å². The first-order valence-corrected chi connectivity index (χ1v) is 9.59. The highest BCUT2D eigenvalue weighted by Crippen LogP contribution is 2.23. The fourth-order valence-electron chi connectivity index (χ4n) is 2.16. The molecule has 0 unspecified atom stereocenters. The molecule has 0 spiro atoms. The summed E-state index contributed by atoms with van der Waals surface area (Å²) in [6, 6.07) is 5.56. The molecule has 0 saturated heterocycles. The fourth-order valence-corrected chi connectivity index (χ4v) is 2.33. The molecule has 0 aliphatic rings. The van der Waals surface area contributed by atoms with Crippen LogP contribution in [0.1, 0.15) is 32.3 Å². The van der Waals surface area contributed by atoms with Crippen LogP contribution in [0.5, 0.6) is 5.75 Å². The molecule has 7 heteroatoms. The van der Waals surface area contributed by atoms with E-state index in [0.717, 1.165) is 43.3 Å². The molecule has 0 amide bonds. The molecule has 148 valence electrons. The van der Waals surface area contributed by atoms with Crippen LogP contribution >= 0.6 is 11.6 Å². The lowest BCUT2D eigenvalue weighted by Gasteiger charge is -2.12. The van der Waals surface area contributed by atoms with Crippen LogP contribution in [0.2, 0.25) is 5.02 Å². The molecule has 2 N–H and O–H groups in total. The van der Waals surface area contributed by atoms with Crippen molar-refractivity contribution >= 4 is 17.6 Å². The van der Waals surface area contributed by atoms with Gasteiger partial charge in [0.2, 0.25) is 0 Å². The number of guanidine groups is 1. The summed E-state index contributed by atoms with van der Waals surface area (Å²) in [5, 5.41) is 7.12. The van der Waals surface area contributed by atoms with Gasteiger partial charge in [-0.25, -0.2) is 4.99 Å². The summed E-state index contributed by atoms with van der Waals surface area (Å²) in [4.78, 5) is 4.58. The van der Waals surface area contributed by atoms with Crippen molar-refractivity contribution in [3.05, 3.63) is 28.8 Å². The summed E-state index contributed by atoms with van der Waals surface area (Å²) in [5.41, 5.74) is 0.981. The molecule has 0 aliphatic heterocycles. The van der Waals surface area contributed by atoms with Crippen LogP contribution in [-0.2, 0) is 16.0 Å². The zero-order chi connectivity index (χ0) is 19.0. The number of aliphatic imine (C=N–C) groups is 1. The molecule has 1 aromatic rings. The van der Waals surface area contributed by atoms with Crippen molar-refractivity contribution in [2.45, 2.75) is 33.2 Å². The Labute approximate surface area is 162 Å². The third kappa shape index (κ3) is 9.85. The maximum absolute atomic E-state index is 5.99. The standard InChI is InChI=1S/C19H32ClN3O3/c1-4-6-10-25-12-13-26-11-9-22-19(21-5-2)23-15-16-7-8-17(20)14-18(16)24-3/h7-8,14H,4-6,9-13,15H2,1-3H3,(H2,21,22,23). The Hall–Kier alpha value is -1.50. The molecule has 0 saturated carbocycles. The maximum atomic E-state index is 5.99. The molecule has 0 aromatic heterocycles. The first-order chi connectivity index (χ1) is 12.7. The highest BCUT2D eigenvalue weighted by Gasteiger charge is 2.04. The Morgan fingerprint density at radius 2 is 1.85 bits per heavy atom. The molecule has 0 atom stereocenters. The van der Waals surface area contributed by atoms with E-state index in [1.165, 1.54) is 0 Å². The van der Waals surface area contributed by atoms with Crippen molar-refractivity contribution in [1.29, 1.82) is 0 Å². The molecular formula is C19H32ClN3O3. The Balaban J connectivity index is 2.33. The lowest BCUT2D eigenvalue weighted by Crippen LogP contribution is -2.39. The van der Waals surface area contributed by atoms with Gasteiger partial charge in [-0.1, -0.05) is 31.0 Å². The number of benzene rings is 1. The summed E-state index contributed by atoms with van der Waals surface area (Å²) in [6.07, 6.45) is 2.25. The smallest absolute Gasteiger partial charge is 0.191 e. The minimum atomic E-state index is 0.502. The van der Waals surface area contributed by atoms with E-state index in [9.17, 15) is 0 Å². The second-order valence-corrected chi connectivity index (χ2v) is 6.09. The van der Waals surface area contributed by atoms with Gasteiger partial charge >= 0.3 is 0 Å². The van der Waals surface area contributed by atoms with E-state index in [0.29, 0.717) is 37.9 Å². The van der Waals surface area contributed by atoms with Gasteiger partial charge in [0, 0.05) is 30.3 Å². The highest BCUT2D eigenvalue weighted by molar-refractivity contribution is 6.30. The van der Waals surface area contributed by atoms with Crippen molar-refractivity contribution in [2.75, 3.05) is 46.6 Å². The van der Waals surface area contributed by atoms with Crippen LogP contribution < -0.4 is 15.4 Å². The third-order valence-corrected chi connectivity index (χ3v) is 3.79. The van der Waals surface area contributed by atoms with Crippen molar-refractivity contribution in [3.63, 3.8) is 0 Å². The molecule has 1 rings (SSSR count). The summed E-state index contributed by atoms with van der Waals surface area (Å²) in [7, 11) is 1.63. The Bertz CT molecular complexity index is 527. The Morgan fingerprint density at radius 3 is 2.54 bits per heavy atom. The number of nitrogens with zero attached hydrogens (tertiary/aromatic N) is 1. The van der Waals surface area contributed by atoms with E-state index in [1.807, 2.05) is 19.1 Å². The van der Waals surface area contributed by atoms with E-state index >= 15 is 0 Å². The maximum Gasteiger partial charge on any atom is 0.191 e. The second-order valence-electron chi connectivity index (χ2n) is 5.66. The molecule has 0 heterocycles. The quantitative estimate of drug-likeness (QED) is 0.310. The number of ether oxygens (including phenoxy) is 3. The molecule has 0 fully saturated rings. The first-order valence-electron chi connectivity index (χ1n) is 9.21. The van der Waals surface area contributed by atoms with Gasteiger partial charge in [-0.05, 0) is 25.5 Å². The van der Waals surface area contributed by atoms with Gasteiger partial charge in [0.15, 0.2) is 5.96 Å². The van der Waals surface area contributed by atoms with Gasteiger partial charge in [-0.2, -0.15) is 0 Å². The first kappa shape index (κ1) is 22.5. The molecular weight excluding hydrogens is 354 g/mol. The van der Waals surface area contributed by atoms with Crippen molar-refractivity contribution in [2.24, 2.45) is 4.99 Å². The van der Waals surface area contributed by atoms with Crippen LogP contribution in [0.15, 0.2) is 23.2 Å². The largest absolute Gasteiger partial charge is 0.496 e. The number of nitrogens with one attached hydrogen (secondary N) is 2. The summed E-state index contributed by atoms with van der Waals surface area (Å²) in [6.45, 7) is 8.82. The van der Waals surface area contributed by atoms with Gasteiger partial charge in [0.25, 0.3) is 0 Å². The summed E-state index contributed by atoms with van der Waals surface area (Å²) in [5.74, 6) is 1.48. The fraction of sp³-hybridized carbons (Fsp3) is 0.632. The predicted octanol–water partition coefficient (Wildman–Crippen LogP) is 3.24. The molecule has 1 aromatic carbocycles. The average molecular weight is 386 g/mol. The van der Waals surface area contributed by atoms with E-state index in [4.69, 9.17) is 25.8 Å².